The van der Waals surface area contributed by atoms with E-state index in [1.54, 1.807) is 38.3 Å². The van der Waals surface area contributed by atoms with Gasteiger partial charge in [0.2, 0.25) is 0 Å². The Bertz CT molecular complexity index is 668. The molecule has 0 aliphatic rings. The number of allylic oxidation sites excluding steroid dienone is 1. The first-order chi connectivity index (χ1) is 11.5. The zero-order valence-electron chi connectivity index (χ0n) is 13.5. The number of hydrogen-bond donors (Lipinski definition) is 3. The highest BCUT2D eigenvalue weighted by Crippen LogP contribution is 2.14. The van der Waals surface area contributed by atoms with Gasteiger partial charge in [0, 0.05) is 36.7 Å². The Balaban J connectivity index is 2.62. The van der Waals surface area contributed by atoms with Crippen LogP contribution in [0.2, 0.25) is 5.02 Å². The van der Waals surface area contributed by atoms with Gasteiger partial charge in [-0.25, -0.2) is 4.79 Å². The van der Waals surface area contributed by atoms with Crippen LogP contribution >= 0.6 is 11.6 Å². The van der Waals surface area contributed by atoms with Gasteiger partial charge in [-0.2, -0.15) is 5.26 Å². The second kappa shape index (κ2) is 10.3. The SMILES string of the molecule is COCCCNC(C)=C(C#N)C(=O)NC(=O)Nc1cccc(Cl)c1. The average molecular weight is 351 g/mol. The molecule has 1 rings (SSSR count). The number of nitrogens with one attached hydrogen (secondary N) is 3. The summed E-state index contributed by atoms with van der Waals surface area (Å²) in [6.45, 7) is 2.71. The summed E-state index contributed by atoms with van der Waals surface area (Å²) >= 11 is 5.81. The van der Waals surface area contributed by atoms with E-state index in [0.29, 0.717) is 29.6 Å². The van der Waals surface area contributed by atoms with Crippen LogP contribution in [-0.4, -0.2) is 32.2 Å². The van der Waals surface area contributed by atoms with Crippen molar-refractivity contribution < 1.29 is 14.3 Å². The molecule has 0 unspecified atom stereocenters. The Morgan fingerprint density at radius 3 is 2.75 bits per heavy atom. The smallest absolute Gasteiger partial charge is 0.326 e. The van der Waals surface area contributed by atoms with E-state index >= 15 is 0 Å². The van der Waals surface area contributed by atoms with Crippen molar-refractivity contribution in [3.8, 4) is 6.07 Å². The lowest BCUT2D eigenvalue weighted by Crippen LogP contribution is -2.36. The number of amides is 3. The van der Waals surface area contributed by atoms with E-state index in [1.807, 2.05) is 0 Å². The maximum atomic E-state index is 12.0. The third-order valence-corrected chi connectivity index (χ3v) is 3.17. The fourth-order valence-electron chi connectivity index (χ4n) is 1.78. The van der Waals surface area contributed by atoms with E-state index in [1.165, 1.54) is 6.07 Å². The van der Waals surface area contributed by atoms with Crippen LogP contribution in [0, 0.1) is 11.3 Å². The molecule has 0 saturated heterocycles. The van der Waals surface area contributed by atoms with Gasteiger partial charge in [-0.1, -0.05) is 17.7 Å². The zero-order valence-corrected chi connectivity index (χ0v) is 14.2. The maximum Gasteiger partial charge on any atom is 0.326 e. The van der Waals surface area contributed by atoms with Gasteiger partial charge in [0.1, 0.15) is 11.6 Å². The quantitative estimate of drug-likeness (QED) is 0.398. The van der Waals surface area contributed by atoms with Crippen molar-refractivity contribution in [2.45, 2.75) is 13.3 Å². The number of urea groups is 1. The summed E-state index contributed by atoms with van der Waals surface area (Å²) in [6, 6.07) is 7.53. The van der Waals surface area contributed by atoms with Crippen molar-refractivity contribution in [2.24, 2.45) is 0 Å². The standard InChI is InChI=1S/C16H19ClN4O3/c1-11(19-7-4-8-24-2)14(10-18)15(22)21-16(23)20-13-6-3-5-12(17)9-13/h3,5-6,9,19H,4,7-8H2,1-2H3,(H2,20,21,22,23). The number of rotatable bonds is 7. The van der Waals surface area contributed by atoms with Crippen molar-refractivity contribution in [1.82, 2.24) is 10.6 Å². The van der Waals surface area contributed by atoms with Gasteiger partial charge in [0.25, 0.3) is 5.91 Å². The number of anilines is 1. The Labute approximate surface area is 145 Å². The number of carbonyl (C=O) groups is 2. The molecule has 128 valence electrons. The Morgan fingerprint density at radius 2 is 2.12 bits per heavy atom. The molecule has 3 amide bonds. The molecule has 0 radical (unpaired) electrons. The molecule has 0 aliphatic carbocycles. The van der Waals surface area contributed by atoms with E-state index in [4.69, 9.17) is 21.6 Å². The van der Waals surface area contributed by atoms with Crippen LogP contribution in [0.25, 0.3) is 0 Å². The predicted octanol–water partition coefficient (Wildman–Crippen LogP) is 2.41. The number of methoxy groups -OCH3 is 1. The third-order valence-electron chi connectivity index (χ3n) is 2.94. The Morgan fingerprint density at radius 1 is 1.38 bits per heavy atom. The highest BCUT2D eigenvalue weighted by Gasteiger charge is 2.16. The molecule has 0 fully saturated rings. The van der Waals surface area contributed by atoms with Gasteiger partial charge in [-0.3, -0.25) is 10.1 Å². The number of nitriles is 1. The molecule has 0 aromatic heterocycles. The van der Waals surface area contributed by atoms with Crippen molar-refractivity contribution in [2.75, 3.05) is 25.6 Å². The third kappa shape index (κ3) is 6.69. The fraction of sp³-hybridized carbons (Fsp3) is 0.312. The summed E-state index contributed by atoms with van der Waals surface area (Å²) in [6.07, 6.45) is 0.726. The van der Waals surface area contributed by atoms with Crippen LogP contribution in [0.3, 0.4) is 0 Å². The number of hydrogen-bond acceptors (Lipinski definition) is 5. The Kier molecular flexibility index (Phi) is 8.33. The number of nitrogens with zero attached hydrogens (tertiary/aromatic N) is 1. The molecule has 0 heterocycles. The molecule has 0 spiro atoms. The van der Waals surface area contributed by atoms with Crippen LogP contribution in [-0.2, 0) is 9.53 Å². The minimum Gasteiger partial charge on any atom is -0.387 e. The predicted molar refractivity (Wildman–Crippen MR) is 91.4 cm³/mol. The van der Waals surface area contributed by atoms with Gasteiger partial charge in [0.05, 0.1) is 0 Å². The molecular formula is C16H19ClN4O3. The fourth-order valence-corrected chi connectivity index (χ4v) is 1.97. The summed E-state index contributed by atoms with van der Waals surface area (Å²) in [5.74, 6) is -0.784. The van der Waals surface area contributed by atoms with E-state index in [0.717, 1.165) is 6.42 Å². The van der Waals surface area contributed by atoms with Gasteiger partial charge in [0.15, 0.2) is 0 Å². The lowest BCUT2D eigenvalue weighted by atomic mass is 10.2. The summed E-state index contributed by atoms with van der Waals surface area (Å²) in [4.78, 5) is 23.9. The summed E-state index contributed by atoms with van der Waals surface area (Å²) in [7, 11) is 1.59. The lowest BCUT2D eigenvalue weighted by molar-refractivity contribution is -0.116. The molecule has 0 bridgehead atoms. The summed E-state index contributed by atoms with van der Waals surface area (Å²) < 4.78 is 4.91. The highest BCUT2D eigenvalue weighted by molar-refractivity contribution is 6.30. The van der Waals surface area contributed by atoms with Gasteiger partial charge in [-0.15, -0.1) is 0 Å². The monoisotopic (exact) mass is 350 g/mol. The average Bonchev–Trinajstić information content (AvgIpc) is 2.52. The molecule has 3 N–H and O–H groups in total. The van der Waals surface area contributed by atoms with Gasteiger partial charge in [-0.05, 0) is 31.5 Å². The zero-order chi connectivity index (χ0) is 17.9. The van der Waals surface area contributed by atoms with Crippen molar-refractivity contribution in [1.29, 1.82) is 5.26 Å². The van der Waals surface area contributed by atoms with Crippen LogP contribution in [0.15, 0.2) is 35.5 Å². The molecule has 1 aromatic rings. The van der Waals surface area contributed by atoms with Crippen LogP contribution in [0.1, 0.15) is 13.3 Å². The first-order valence-electron chi connectivity index (χ1n) is 7.19. The van der Waals surface area contributed by atoms with Gasteiger partial charge < -0.3 is 15.4 Å². The highest BCUT2D eigenvalue weighted by atomic mass is 35.5. The van der Waals surface area contributed by atoms with E-state index in [2.05, 4.69) is 16.0 Å². The first-order valence-corrected chi connectivity index (χ1v) is 7.57. The number of ether oxygens (including phenoxy) is 1. The van der Waals surface area contributed by atoms with E-state index in [-0.39, 0.29) is 5.57 Å². The first kappa shape index (κ1) is 19.5. The van der Waals surface area contributed by atoms with Crippen LogP contribution < -0.4 is 16.0 Å². The van der Waals surface area contributed by atoms with Crippen LogP contribution in [0.5, 0.6) is 0 Å². The topological polar surface area (TPSA) is 103 Å². The van der Waals surface area contributed by atoms with Gasteiger partial charge >= 0.3 is 6.03 Å². The molecule has 0 saturated carbocycles. The van der Waals surface area contributed by atoms with E-state index < -0.39 is 11.9 Å². The van der Waals surface area contributed by atoms with Crippen molar-refractivity contribution >= 4 is 29.2 Å². The number of imide groups is 1. The van der Waals surface area contributed by atoms with E-state index in [9.17, 15) is 9.59 Å². The molecule has 24 heavy (non-hydrogen) atoms. The molecule has 0 aliphatic heterocycles. The molecule has 8 heteroatoms. The number of carbonyl (C=O) groups excluding carboxylic acids is 2. The summed E-state index contributed by atoms with van der Waals surface area (Å²) in [5, 5.41) is 17.1. The van der Waals surface area contributed by atoms with Crippen molar-refractivity contribution in [3.05, 3.63) is 40.6 Å². The maximum absolute atomic E-state index is 12.0. The number of benzene rings is 1. The summed E-state index contributed by atoms with van der Waals surface area (Å²) in [5.41, 5.74) is 0.667. The van der Waals surface area contributed by atoms with Crippen LogP contribution in [0.4, 0.5) is 10.5 Å². The molecule has 1 aromatic carbocycles. The molecule has 0 atom stereocenters. The lowest BCUT2D eigenvalue weighted by Gasteiger charge is -2.10. The minimum atomic E-state index is -0.784. The minimum absolute atomic E-state index is 0.159. The normalized spacial score (nSPS) is 11.1. The largest absolute Gasteiger partial charge is 0.387 e. The molecule has 7 nitrogen and oxygen atoms in total. The van der Waals surface area contributed by atoms with Crippen molar-refractivity contribution in [3.63, 3.8) is 0 Å². The molecular weight excluding hydrogens is 332 g/mol. The second-order valence-electron chi connectivity index (χ2n) is 4.80. The Hall–Kier alpha value is -2.56. The second-order valence-corrected chi connectivity index (χ2v) is 5.24. The number of halogens is 1.